The van der Waals surface area contributed by atoms with Crippen molar-refractivity contribution in [2.45, 2.75) is 6.54 Å². The van der Waals surface area contributed by atoms with Crippen molar-refractivity contribution < 1.29 is 4.74 Å². The number of hydrogen-bond donors (Lipinski definition) is 2. The topological polar surface area (TPSA) is 84.7 Å². The van der Waals surface area contributed by atoms with Crippen LogP contribution in [0.1, 0.15) is 4.88 Å². The average Bonchev–Trinajstić information content (AvgIpc) is 2.92. The van der Waals surface area contributed by atoms with E-state index in [-0.39, 0.29) is 11.4 Å². The lowest BCUT2D eigenvalue weighted by Crippen LogP contribution is -2.37. The number of thiophene rings is 1. The van der Waals surface area contributed by atoms with Gasteiger partial charge in [-0.1, -0.05) is 6.08 Å². The molecule has 1 aromatic heterocycles. The van der Waals surface area contributed by atoms with Crippen molar-refractivity contribution in [3.05, 3.63) is 48.9 Å². The predicted octanol–water partition coefficient (Wildman–Crippen LogP) is 1.03. The molecule has 0 saturated heterocycles. The first kappa shape index (κ1) is 16.3. The van der Waals surface area contributed by atoms with Gasteiger partial charge in [0.15, 0.2) is 0 Å². The summed E-state index contributed by atoms with van der Waals surface area (Å²) in [5.41, 5.74) is 4.47. The van der Waals surface area contributed by atoms with Crippen molar-refractivity contribution in [2.24, 2.45) is 0 Å². The van der Waals surface area contributed by atoms with Crippen LogP contribution >= 0.6 is 11.3 Å². The maximum Gasteiger partial charge on any atom is 0.253 e. The van der Waals surface area contributed by atoms with E-state index in [2.05, 4.69) is 10.2 Å². The van der Waals surface area contributed by atoms with Gasteiger partial charge < -0.3 is 20.7 Å². The van der Waals surface area contributed by atoms with E-state index in [0.29, 0.717) is 13.2 Å². The van der Waals surface area contributed by atoms with Crippen molar-refractivity contribution in [1.29, 1.82) is 0 Å². The minimum absolute atomic E-state index is 0.0151. The Hall–Kier alpha value is -2.12. The van der Waals surface area contributed by atoms with Crippen LogP contribution in [0.15, 0.2) is 33.2 Å². The zero-order chi connectivity index (χ0) is 16.1. The third-order valence-electron chi connectivity index (χ3n) is 2.96. The van der Waals surface area contributed by atoms with Crippen LogP contribution in [0.3, 0.4) is 0 Å². The van der Waals surface area contributed by atoms with Gasteiger partial charge in [0, 0.05) is 23.3 Å². The van der Waals surface area contributed by atoms with E-state index in [4.69, 9.17) is 10.5 Å². The SMILES string of the molecule is CN(C)Cc1cc(OC/C=C\CNc2c(N)c(=O)c2=O)cs1. The second-order valence-electron chi connectivity index (χ2n) is 5.10. The number of nitrogens with two attached hydrogens (primary N) is 1. The number of ether oxygens (including phenoxy) is 1. The molecule has 0 atom stereocenters. The van der Waals surface area contributed by atoms with Gasteiger partial charge in [-0.15, -0.1) is 11.3 Å². The van der Waals surface area contributed by atoms with Crippen LogP contribution < -0.4 is 26.6 Å². The van der Waals surface area contributed by atoms with Crippen molar-refractivity contribution in [1.82, 2.24) is 4.90 Å². The van der Waals surface area contributed by atoms with Gasteiger partial charge in [0.25, 0.3) is 10.9 Å². The summed E-state index contributed by atoms with van der Waals surface area (Å²) in [5, 5.41) is 4.79. The Morgan fingerprint density at radius 3 is 2.77 bits per heavy atom. The molecular formula is C15H19N3O3S. The molecule has 0 amide bonds. The van der Waals surface area contributed by atoms with Gasteiger partial charge in [-0.3, -0.25) is 9.59 Å². The summed E-state index contributed by atoms with van der Waals surface area (Å²) in [6, 6.07) is 2.03. The Bertz CT molecular complexity index is 727. The molecule has 118 valence electrons. The molecular weight excluding hydrogens is 302 g/mol. The summed E-state index contributed by atoms with van der Waals surface area (Å²) in [6.45, 7) is 1.77. The molecule has 22 heavy (non-hydrogen) atoms. The van der Waals surface area contributed by atoms with Crippen LogP contribution in [-0.4, -0.2) is 32.1 Å². The molecule has 3 N–H and O–H groups in total. The monoisotopic (exact) mass is 321 g/mol. The minimum Gasteiger partial charge on any atom is -0.489 e. The van der Waals surface area contributed by atoms with Gasteiger partial charge in [-0.2, -0.15) is 0 Å². The molecule has 2 aromatic rings. The van der Waals surface area contributed by atoms with Gasteiger partial charge in [0.05, 0.1) is 0 Å². The Kier molecular flexibility index (Phi) is 5.35. The molecule has 0 saturated carbocycles. The van der Waals surface area contributed by atoms with Crippen LogP contribution in [0.25, 0.3) is 0 Å². The van der Waals surface area contributed by atoms with Gasteiger partial charge in [0.1, 0.15) is 23.7 Å². The van der Waals surface area contributed by atoms with E-state index in [0.717, 1.165) is 12.3 Å². The molecule has 0 unspecified atom stereocenters. The third kappa shape index (κ3) is 3.96. The van der Waals surface area contributed by atoms with E-state index in [1.165, 1.54) is 4.88 Å². The second-order valence-corrected chi connectivity index (χ2v) is 6.09. The van der Waals surface area contributed by atoms with Crippen LogP contribution in [0.5, 0.6) is 5.75 Å². The van der Waals surface area contributed by atoms with Gasteiger partial charge in [-0.05, 0) is 26.2 Å². The normalized spacial score (nSPS) is 11.6. The lowest BCUT2D eigenvalue weighted by atomic mass is 10.2. The fourth-order valence-electron chi connectivity index (χ4n) is 1.87. The van der Waals surface area contributed by atoms with Gasteiger partial charge in [-0.25, -0.2) is 0 Å². The first-order valence-electron chi connectivity index (χ1n) is 6.81. The summed E-state index contributed by atoms with van der Waals surface area (Å²) in [7, 11) is 4.05. The summed E-state index contributed by atoms with van der Waals surface area (Å²) in [6.07, 6.45) is 3.67. The third-order valence-corrected chi connectivity index (χ3v) is 3.86. The molecule has 1 heterocycles. The Labute approximate surface area is 132 Å². The summed E-state index contributed by atoms with van der Waals surface area (Å²) < 4.78 is 5.59. The summed E-state index contributed by atoms with van der Waals surface area (Å²) >= 11 is 1.67. The highest BCUT2D eigenvalue weighted by Gasteiger charge is 2.16. The largest absolute Gasteiger partial charge is 0.489 e. The first-order valence-corrected chi connectivity index (χ1v) is 7.69. The first-order chi connectivity index (χ1) is 10.5. The number of nitrogens with one attached hydrogen (secondary N) is 1. The Balaban J connectivity index is 1.69. The number of anilines is 2. The van der Waals surface area contributed by atoms with Crippen LogP contribution in [0.2, 0.25) is 0 Å². The molecule has 1 aromatic carbocycles. The van der Waals surface area contributed by atoms with Gasteiger partial charge >= 0.3 is 0 Å². The molecule has 6 nitrogen and oxygen atoms in total. The quantitative estimate of drug-likeness (QED) is 0.558. The number of hydrogen-bond acceptors (Lipinski definition) is 7. The molecule has 0 radical (unpaired) electrons. The summed E-state index contributed by atoms with van der Waals surface area (Å²) in [4.78, 5) is 25.4. The van der Waals surface area contributed by atoms with E-state index in [1.54, 1.807) is 11.3 Å². The van der Waals surface area contributed by atoms with Crippen molar-refractivity contribution in [2.75, 3.05) is 38.3 Å². The molecule has 0 bridgehead atoms. The molecule has 0 aliphatic carbocycles. The number of nitrogen functional groups attached to an aromatic ring is 1. The zero-order valence-corrected chi connectivity index (χ0v) is 13.4. The lowest BCUT2D eigenvalue weighted by molar-refractivity contribution is 0.362. The molecule has 0 aliphatic heterocycles. The van der Waals surface area contributed by atoms with Crippen LogP contribution in [0, 0.1) is 0 Å². The van der Waals surface area contributed by atoms with Crippen molar-refractivity contribution in [3.8, 4) is 5.75 Å². The molecule has 0 aliphatic rings. The van der Waals surface area contributed by atoms with Crippen LogP contribution in [0.4, 0.5) is 11.4 Å². The van der Waals surface area contributed by atoms with E-state index >= 15 is 0 Å². The molecule has 2 rings (SSSR count). The minimum atomic E-state index is -0.610. The standard InChI is InChI=1S/C15H19N3O3S/c1-18(2)8-11-7-10(9-22-11)21-6-4-3-5-17-13-12(16)14(19)15(13)20/h3-4,7,9,17H,5-6,8,16H2,1-2H3/b4-3-. The lowest BCUT2D eigenvalue weighted by Gasteiger charge is -2.07. The highest BCUT2D eigenvalue weighted by atomic mass is 32.1. The number of rotatable bonds is 8. The molecule has 0 spiro atoms. The summed E-state index contributed by atoms with van der Waals surface area (Å²) in [5.74, 6) is 0.853. The highest BCUT2D eigenvalue weighted by molar-refractivity contribution is 7.10. The van der Waals surface area contributed by atoms with Crippen molar-refractivity contribution in [3.63, 3.8) is 0 Å². The highest BCUT2D eigenvalue weighted by Crippen LogP contribution is 2.22. The maximum atomic E-state index is 11.2. The van der Waals surface area contributed by atoms with E-state index in [1.807, 2.05) is 37.7 Å². The predicted molar refractivity (Wildman–Crippen MR) is 90.6 cm³/mol. The maximum absolute atomic E-state index is 11.2. The van der Waals surface area contributed by atoms with Gasteiger partial charge in [0.2, 0.25) is 0 Å². The van der Waals surface area contributed by atoms with E-state index < -0.39 is 10.9 Å². The fraction of sp³-hybridized carbons (Fsp3) is 0.333. The van der Waals surface area contributed by atoms with Crippen LogP contribution in [-0.2, 0) is 6.54 Å². The average molecular weight is 321 g/mol. The smallest absolute Gasteiger partial charge is 0.253 e. The van der Waals surface area contributed by atoms with E-state index in [9.17, 15) is 9.59 Å². The van der Waals surface area contributed by atoms with Crippen molar-refractivity contribution >= 4 is 22.7 Å². The fourth-order valence-corrected chi connectivity index (χ4v) is 2.79. The molecule has 0 fully saturated rings. The molecule has 7 heteroatoms. The number of nitrogens with zero attached hydrogens (tertiary/aromatic N) is 1. The Morgan fingerprint density at radius 2 is 2.09 bits per heavy atom. The Morgan fingerprint density at radius 1 is 1.32 bits per heavy atom. The second kappa shape index (κ2) is 7.24. The zero-order valence-electron chi connectivity index (χ0n) is 12.6.